The Morgan fingerprint density at radius 3 is 2.64 bits per heavy atom. The number of hydrogen-bond donors (Lipinski definition) is 3. The van der Waals surface area contributed by atoms with Gasteiger partial charge in [0.25, 0.3) is 0 Å². The van der Waals surface area contributed by atoms with Crippen LogP contribution < -0.4 is 10.6 Å². The molecule has 1 aromatic heterocycles. The molecule has 0 aliphatic heterocycles. The van der Waals surface area contributed by atoms with Crippen LogP contribution in [0.3, 0.4) is 0 Å². The number of rotatable bonds is 10. The fourth-order valence-corrected chi connectivity index (χ4v) is 5.54. The van der Waals surface area contributed by atoms with Crippen LogP contribution in [0.5, 0.6) is 0 Å². The number of esters is 1. The van der Waals surface area contributed by atoms with Crippen molar-refractivity contribution in [3.05, 3.63) is 40.3 Å². The monoisotopic (exact) mass is 490 g/mol. The van der Waals surface area contributed by atoms with Crippen molar-refractivity contribution in [1.82, 2.24) is 0 Å². The highest BCUT2D eigenvalue weighted by atomic mass is 32.2. The molecule has 0 unspecified atom stereocenters. The number of benzene rings is 1. The summed E-state index contributed by atoms with van der Waals surface area (Å²) in [5, 5.41) is 14.8. The summed E-state index contributed by atoms with van der Waals surface area (Å²) < 4.78 is 5.22. The molecule has 1 aromatic carbocycles. The molecule has 0 saturated carbocycles. The van der Waals surface area contributed by atoms with Crippen LogP contribution in [0.4, 0.5) is 10.7 Å². The van der Waals surface area contributed by atoms with E-state index in [2.05, 4.69) is 10.6 Å². The summed E-state index contributed by atoms with van der Waals surface area (Å²) >= 11 is 2.75. The molecule has 0 spiro atoms. The molecule has 2 amide bonds. The van der Waals surface area contributed by atoms with Gasteiger partial charge in [-0.3, -0.25) is 14.4 Å². The molecule has 0 radical (unpaired) electrons. The predicted molar refractivity (Wildman–Crippen MR) is 128 cm³/mol. The normalized spacial score (nSPS) is 12.5. The quantitative estimate of drug-likeness (QED) is 0.335. The summed E-state index contributed by atoms with van der Waals surface area (Å²) in [6, 6.07) is 6.99. The van der Waals surface area contributed by atoms with Crippen LogP contribution in [-0.2, 0) is 32.0 Å². The number of fused-ring (bicyclic) bond motifs is 1. The minimum Gasteiger partial charge on any atom is -0.481 e. The zero-order valence-corrected chi connectivity index (χ0v) is 19.9. The maximum absolute atomic E-state index is 12.6. The van der Waals surface area contributed by atoms with E-state index < -0.39 is 11.9 Å². The number of amides is 2. The minimum atomic E-state index is -1.03. The molecule has 0 bridgehead atoms. The van der Waals surface area contributed by atoms with Gasteiger partial charge in [0.2, 0.25) is 11.8 Å². The Kier molecular flexibility index (Phi) is 8.90. The summed E-state index contributed by atoms with van der Waals surface area (Å²) in [6.07, 6.45) is 3.46. The molecular weight excluding hydrogens is 464 g/mol. The summed E-state index contributed by atoms with van der Waals surface area (Å²) in [5.74, 6) is -1.92. The van der Waals surface area contributed by atoms with Crippen molar-refractivity contribution in [2.45, 2.75) is 50.3 Å². The first-order valence-electron chi connectivity index (χ1n) is 10.7. The van der Waals surface area contributed by atoms with Gasteiger partial charge in [-0.05, 0) is 56.4 Å². The highest BCUT2D eigenvalue weighted by Gasteiger charge is 2.27. The number of hydrogen-bond acceptors (Lipinski definition) is 7. The van der Waals surface area contributed by atoms with E-state index in [4.69, 9.17) is 9.84 Å². The first-order valence-corrected chi connectivity index (χ1v) is 12.5. The first-order chi connectivity index (χ1) is 15.9. The summed E-state index contributed by atoms with van der Waals surface area (Å²) in [6.45, 7) is 2.03. The highest BCUT2D eigenvalue weighted by molar-refractivity contribution is 8.00. The highest BCUT2D eigenvalue weighted by Crippen LogP contribution is 2.38. The molecule has 3 rings (SSSR count). The third-order valence-electron chi connectivity index (χ3n) is 4.96. The van der Waals surface area contributed by atoms with E-state index in [0.717, 1.165) is 41.0 Å². The van der Waals surface area contributed by atoms with Gasteiger partial charge in [-0.15, -0.1) is 23.1 Å². The Morgan fingerprint density at radius 1 is 1.09 bits per heavy atom. The van der Waals surface area contributed by atoms with Crippen molar-refractivity contribution in [3.63, 3.8) is 0 Å². The zero-order valence-electron chi connectivity index (χ0n) is 18.3. The smallest absolute Gasteiger partial charge is 0.341 e. The molecule has 1 aliphatic rings. The molecule has 0 saturated heterocycles. The van der Waals surface area contributed by atoms with E-state index in [9.17, 15) is 19.2 Å². The van der Waals surface area contributed by atoms with Crippen LogP contribution in [0, 0.1) is 0 Å². The Balaban J connectivity index is 1.61. The Hall–Kier alpha value is -2.85. The summed E-state index contributed by atoms with van der Waals surface area (Å²) in [7, 11) is 0. The number of carbonyl (C=O) groups excluding carboxylic acids is 3. The fraction of sp³-hybridized carbons (Fsp3) is 0.391. The van der Waals surface area contributed by atoms with Gasteiger partial charge in [0.1, 0.15) is 5.00 Å². The van der Waals surface area contributed by atoms with Crippen molar-refractivity contribution in [3.8, 4) is 0 Å². The zero-order chi connectivity index (χ0) is 23.8. The second-order valence-corrected chi connectivity index (χ2v) is 9.60. The third kappa shape index (κ3) is 7.06. The van der Waals surface area contributed by atoms with Crippen LogP contribution in [0.1, 0.15) is 53.4 Å². The van der Waals surface area contributed by atoms with Crippen LogP contribution in [0.15, 0.2) is 29.2 Å². The van der Waals surface area contributed by atoms with Crippen molar-refractivity contribution in [2.75, 3.05) is 23.0 Å². The second kappa shape index (κ2) is 11.9. The van der Waals surface area contributed by atoms with Crippen molar-refractivity contribution >= 4 is 57.5 Å². The van der Waals surface area contributed by atoms with Gasteiger partial charge in [0, 0.05) is 21.9 Å². The van der Waals surface area contributed by atoms with Crippen molar-refractivity contribution in [1.29, 1.82) is 0 Å². The van der Waals surface area contributed by atoms with E-state index in [0.29, 0.717) is 16.3 Å². The number of thioether (sulfide) groups is 1. The molecular formula is C23H26N2O6S2. The van der Waals surface area contributed by atoms with Crippen LogP contribution in [0.25, 0.3) is 0 Å². The number of anilines is 2. The van der Waals surface area contributed by atoms with Crippen molar-refractivity contribution in [2.24, 2.45) is 0 Å². The second-order valence-electron chi connectivity index (χ2n) is 7.44. The molecule has 33 heavy (non-hydrogen) atoms. The van der Waals surface area contributed by atoms with Gasteiger partial charge in [-0.1, -0.05) is 6.07 Å². The molecule has 176 valence electrons. The molecule has 3 N–H and O–H groups in total. The maximum atomic E-state index is 12.6. The van der Waals surface area contributed by atoms with Gasteiger partial charge in [-0.2, -0.15) is 0 Å². The lowest BCUT2D eigenvalue weighted by Crippen LogP contribution is -2.17. The van der Waals surface area contributed by atoms with Crippen LogP contribution in [0.2, 0.25) is 0 Å². The van der Waals surface area contributed by atoms with Gasteiger partial charge >= 0.3 is 11.9 Å². The van der Waals surface area contributed by atoms with Gasteiger partial charge in [-0.25, -0.2) is 4.79 Å². The largest absolute Gasteiger partial charge is 0.481 e. The number of ether oxygens (including phenoxy) is 1. The average molecular weight is 491 g/mol. The SMILES string of the molecule is CCOC(=O)c1c(NC(=O)CSc2cccc(NC(=O)CCC(=O)O)c2)sc2c1CCCC2. The average Bonchev–Trinajstić information content (AvgIpc) is 3.14. The Bertz CT molecular complexity index is 1050. The molecule has 0 fully saturated rings. The topological polar surface area (TPSA) is 122 Å². The molecule has 2 aromatic rings. The van der Waals surface area contributed by atoms with E-state index in [-0.39, 0.29) is 37.0 Å². The van der Waals surface area contributed by atoms with Crippen LogP contribution >= 0.6 is 23.1 Å². The van der Waals surface area contributed by atoms with Gasteiger partial charge in [0.15, 0.2) is 0 Å². The van der Waals surface area contributed by atoms with Crippen LogP contribution in [-0.4, -0.2) is 41.2 Å². The van der Waals surface area contributed by atoms with Crippen molar-refractivity contribution < 1.29 is 29.0 Å². The number of aliphatic carboxylic acids is 1. The summed E-state index contributed by atoms with van der Waals surface area (Å²) in [5.41, 5.74) is 2.02. The lowest BCUT2D eigenvalue weighted by Gasteiger charge is -2.12. The molecule has 1 heterocycles. The van der Waals surface area contributed by atoms with E-state index in [1.54, 1.807) is 25.1 Å². The Morgan fingerprint density at radius 2 is 1.88 bits per heavy atom. The Labute approximate surface area is 200 Å². The molecule has 8 nitrogen and oxygen atoms in total. The number of carboxylic acids is 1. The maximum Gasteiger partial charge on any atom is 0.341 e. The van der Waals surface area contributed by atoms with E-state index in [1.807, 2.05) is 6.07 Å². The van der Waals surface area contributed by atoms with Gasteiger partial charge < -0.3 is 20.5 Å². The fourth-order valence-electron chi connectivity index (χ4n) is 3.49. The number of aryl methyl sites for hydroxylation is 1. The third-order valence-corrected chi connectivity index (χ3v) is 7.16. The number of carboxylic acid groups (broad SMARTS) is 1. The number of thiophene rings is 1. The number of nitrogens with one attached hydrogen (secondary N) is 2. The van der Waals surface area contributed by atoms with E-state index in [1.165, 1.54) is 23.1 Å². The standard InChI is InChI=1S/C23H26N2O6S2/c1-2-31-23(30)21-16-8-3-4-9-17(16)33-22(21)25-19(27)13-32-15-7-5-6-14(12-15)24-18(26)10-11-20(28)29/h5-7,12H,2-4,8-11,13H2,1H3,(H,24,26)(H,25,27)(H,28,29). The lowest BCUT2D eigenvalue weighted by molar-refractivity contribution is -0.138. The minimum absolute atomic E-state index is 0.108. The van der Waals surface area contributed by atoms with E-state index >= 15 is 0 Å². The predicted octanol–water partition coefficient (Wildman–Crippen LogP) is 4.34. The van der Waals surface area contributed by atoms with Gasteiger partial charge in [0.05, 0.1) is 24.3 Å². The molecule has 1 aliphatic carbocycles. The first kappa shape index (κ1) is 24.8. The number of carbonyl (C=O) groups is 4. The lowest BCUT2D eigenvalue weighted by atomic mass is 9.95. The molecule has 10 heteroatoms. The molecule has 0 atom stereocenters. The summed E-state index contributed by atoms with van der Waals surface area (Å²) in [4.78, 5) is 49.5.